The molecule has 0 nitrogen and oxygen atoms in total. The first-order valence-corrected chi connectivity index (χ1v) is 5.47. The topological polar surface area (TPSA) is 0 Å². The monoisotopic (exact) mass is 200 g/mol. The summed E-state index contributed by atoms with van der Waals surface area (Å²) in [7, 11) is 0. The van der Waals surface area contributed by atoms with Gasteiger partial charge in [-0.05, 0) is 45.3 Å². The van der Waals surface area contributed by atoms with Gasteiger partial charge in [0.2, 0.25) is 0 Å². The minimum atomic E-state index is 1.03. The molecule has 0 aliphatic rings. The van der Waals surface area contributed by atoms with Crippen LogP contribution in [0.5, 0.6) is 0 Å². The van der Waals surface area contributed by atoms with E-state index in [-0.39, 0.29) is 0 Å². The summed E-state index contributed by atoms with van der Waals surface area (Å²) in [6.45, 7) is 8.56. The maximum absolute atomic E-state index is 2.28. The largest absolute Gasteiger partial charge is 0.0821 e. The van der Waals surface area contributed by atoms with Gasteiger partial charge in [0.15, 0.2) is 0 Å². The van der Waals surface area contributed by atoms with E-state index in [4.69, 9.17) is 0 Å². The Morgan fingerprint density at radius 3 is 2.13 bits per heavy atom. The van der Waals surface area contributed by atoms with Gasteiger partial charge in [-0.2, -0.15) is 0 Å². The summed E-state index contributed by atoms with van der Waals surface area (Å²) < 4.78 is 0. The van der Waals surface area contributed by atoms with Gasteiger partial charge < -0.3 is 0 Å². The van der Waals surface area contributed by atoms with E-state index in [1.807, 2.05) is 0 Å². The van der Waals surface area contributed by atoms with Gasteiger partial charge in [0.25, 0.3) is 0 Å². The molecule has 0 saturated carbocycles. The molecule has 1 rings (SSSR count). The smallest absolute Gasteiger partial charge is 0.0161 e. The van der Waals surface area contributed by atoms with Crippen LogP contribution in [-0.4, -0.2) is 0 Å². The number of hydrogen-bond donors (Lipinski definition) is 0. The fourth-order valence-electron chi connectivity index (χ4n) is 1.41. The Hall–Kier alpha value is -1.30. The Bertz CT molecular complexity index is 360. The zero-order valence-corrected chi connectivity index (χ0v) is 10.2. The van der Waals surface area contributed by atoms with Crippen molar-refractivity contribution in [2.75, 3.05) is 0 Å². The van der Waals surface area contributed by atoms with Crippen molar-refractivity contribution in [2.45, 2.75) is 34.1 Å². The first kappa shape index (κ1) is 11.8. The molecular weight excluding hydrogens is 180 g/mol. The molecule has 1 aromatic carbocycles. The molecule has 0 heterocycles. The molecule has 0 bridgehead atoms. The van der Waals surface area contributed by atoms with Crippen LogP contribution in [0.3, 0.4) is 0 Å². The van der Waals surface area contributed by atoms with E-state index in [0.717, 1.165) is 6.42 Å². The number of rotatable bonds is 3. The van der Waals surface area contributed by atoms with Crippen molar-refractivity contribution in [2.24, 2.45) is 0 Å². The summed E-state index contributed by atoms with van der Waals surface area (Å²) in [4.78, 5) is 0. The summed E-state index contributed by atoms with van der Waals surface area (Å²) in [5.74, 6) is 0. The maximum Gasteiger partial charge on any atom is -0.0161 e. The molecule has 0 unspecified atom stereocenters. The van der Waals surface area contributed by atoms with E-state index in [9.17, 15) is 0 Å². The van der Waals surface area contributed by atoms with Crippen LogP contribution in [0.15, 0.2) is 42.0 Å². The second-order valence-corrected chi connectivity index (χ2v) is 4.27. The first-order chi connectivity index (χ1) is 7.09. The highest BCUT2D eigenvalue weighted by Crippen LogP contribution is 2.15. The van der Waals surface area contributed by atoms with Crippen LogP contribution in [0.2, 0.25) is 0 Å². The number of hydrogen-bond acceptors (Lipinski definition) is 0. The Morgan fingerprint density at radius 2 is 1.60 bits per heavy atom. The summed E-state index contributed by atoms with van der Waals surface area (Å²) in [5, 5.41) is 0. The summed E-state index contributed by atoms with van der Waals surface area (Å²) in [6, 6.07) is 8.69. The second kappa shape index (κ2) is 5.55. The molecular formula is C15H20. The predicted molar refractivity (Wildman–Crippen MR) is 68.9 cm³/mol. The molecule has 0 aromatic heterocycles. The van der Waals surface area contributed by atoms with E-state index < -0.39 is 0 Å². The molecule has 80 valence electrons. The van der Waals surface area contributed by atoms with Gasteiger partial charge in [-0.15, -0.1) is 0 Å². The molecule has 0 saturated heterocycles. The quantitative estimate of drug-likeness (QED) is 0.617. The van der Waals surface area contributed by atoms with Crippen molar-refractivity contribution in [1.29, 1.82) is 0 Å². The molecule has 0 radical (unpaired) electrons. The van der Waals surface area contributed by atoms with Gasteiger partial charge in [0, 0.05) is 0 Å². The fourth-order valence-corrected chi connectivity index (χ4v) is 1.41. The van der Waals surface area contributed by atoms with Gasteiger partial charge in [-0.1, -0.05) is 47.6 Å². The Kier molecular flexibility index (Phi) is 4.36. The third-order valence-electron chi connectivity index (χ3n) is 2.46. The van der Waals surface area contributed by atoms with Crippen molar-refractivity contribution in [3.63, 3.8) is 0 Å². The lowest BCUT2D eigenvalue weighted by atomic mass is 10.0. The molecule has 0 amide bonds. The van der Waals surface area contributed by atoms with Crippen molar-refractivity contribution < 1.29 is 0 Å². The SMILES string of the molecule is CC(C)=CC/C=C(\C)c1ccc(C)cc1. The first-order valence-electron chi connectivity index (χ1n) is 5.47. The third-order valence-corrected chi connectivity index (χ3v) is 2.46. The van der Waals surface area contributed by atoms with Crippen molar-refractivity contribution >= 4 is 5.57 Å². The number of benzene rings is 1. The van der Waals surface area contributed by atoms with Crippen molar-refractivity contribution in [1.82, 2.24) is 0 Å². The third kappa shape index (κ3) is 4.16. The predicted octanol–water partition coefficient (Wildman–Crippen LogP) is 4.75. The van der Waals surface area contributed by atoms with Gasteiger partial charge in [0.05, 0.1) is 0 Å². The molecule has 0 fully saturated rings. The standard InChI is InChI=1S/C15H20/c1-12(2)6-5-7-14(4)15-10-8-13(3)9-11-15/h6-11H,5H2,1-4H3/b14-7+. The minimum Gasteiger partial charge on any atom is -0.0821 e. The highest BCUT2D eigenvalue weighted by Gasteiger charge is 1.93. The molecule has 1 aromatic rings. The lowest BCUT2D eigenvalue weighted by Crippen LogP contribution is -1.80. The van der Waals surface area contributed by atoms with Crippen LogP contribution in [0.25, 0.3) is 5.57 Å². The van der Waals surface area contributed by atoms with Gasteiger partial charge >= 0.3 is 0 Å². The Morgan fingerprint density at radius 1 is 1.00 bits per heavy atom. The van der Waals surface area contributed by atoms with Crippen LogP contribution in [0, 0.1) is 6.92 Å². The highest BCUT2D eigenvalue weighted by atomic mass is 14.0. The van der Waals surface area contributed by atoms with Gasteiger partial charge in [-0.25, -0.2) is 0 Å². The molecule has 0 spiro atoms. The average molecular weight is 200 g/mol. The van der Waals surface area contributed by atoms with Crippen molar-refractivity contribution in [3.8, 4) is 0 Å². The van der Waals surface area contributed by atoms with E-state index in [1.165, 1.54) is 22.3 Å². The summed E-state index contributed by atoms with van der Waals surface area (Å²) in [6.07, 6.45) is 5.55. The van der Waals surface area contributed by atoms with Crippen LogP contribution in [0.4, 0.5) is 0 Å². The normalized spacial score (nSPS) is 11.3. The Balaban J connectivity index is 2.71. The zero-order valence-electron chi connectivity index (χ0n) is 10.2. The molecule has 15 heavy (non-hydrogen) atoms. The molecule has 0 atom stereocenters. The lowest BCUT2D eigenvalue weighted by Gasteiger charge is -2.01. The number of aryl methyl sites for hydroxylation is 1. The molecule has 0 aliphatic carbocycles. The van der Waals surface area contributed by atoms with Crippen LogP contribution in [-0.2, 0) is 0 Å². The summed E-state index contributed by atoms with van der Waals surface area (Å²) >= 11 is 0. The van der Waals surface area contributed by atoms with Crippen LogP contribution >= 0.6 is 0 Å². The average Bonchev–Trinajstić information content (AvgIpc) is 2.18. The molecule has 0 aliphatic heterocycles. The Labute approximate surface area is 93.3 Å². The van der Waals surface area contributed by atoms with Gasteiger partial charge in [-0.3, -0.25) is 0 Å². The lowest BCUT2D eigenvalue weighted by molar-refractivity contribution is 1.27. The van der Waals surface area contributed by atoms with Crippen LogP contribution < -0.4 is 0 Å². The van der Waals surface area contributed by atoms with E-state index in [1.54, 1.807) is 0 Å². The molecule has 0 N–H and O–H groups in total. The van der Waals surface area contributed by atoms with Crippen molar-refractivity contribution in [3.05, 3.63) is 53.1 Å². The number of allylic oxidation sites excluding steroid dienone is 4. The zero-order chi connectivity index (χ0) is 11.3. The molecule has 0 heteroatoms. The van der Waals surface area contributed by atoms with E-state index in [0.29, 0.717) is 0 Å². The minimum absolute atomic E-state index is 1.03. The second-order valence-electron chi connectivity index (χ2n) is 4.27. The maximum atomic E-state index is 2.28. The van der Waals surface area contributed by atoms with E-state index >= 15 is 0 Å². The fraction of sp³-hybridized carbons (Fsp3) is 0.333. The summed E-state index contributed by atoms with van der Waals surface area (Å²) in [5.41, 5.74) is 5.37. The van der Waals surface area contributed by atoms with Crippen LogP contribution in [0.1, 0.15) is 38.3 Å². The van der Waals surface area contributed by atoms with E-state index in [2.05, 4.69) is 64.1 Å². The van der Waals surface area contributed by atoms with Gasteiger partial charge in [0.1, 0.15) is 0 Å². The highest BCUT2D eigenvalue weighted by molar-refractivity contribution is 5.63.